The zero-order chi connectivity index (χ0) is 9.52. The quantitative estimate of drug-likeness (QED) is 0.607. The lowest BCUT2D eigenvalue weighted by atomic mass is 10.2. The van der Waals surface area contributed by atoms with Crippen molar-refractivity contribution in [2.75, 3.05) is 11.5 Å². The summed E-state index contributed by atoms with van der Waals surface area (Å²) in [5.74, 6) is 2.09. The van der Waals surface area contributed by atoms with Crippen LogP contribution in [0.2, 0.25) is 0 Å². The third-order valence-electron chi connectivity index (χ3n) is 2.00. The molecule has 0 bridgehead atoms. The summed E-state index contributed by atoms with van der Waals surface area (Å²) < 4.78 is 0. The van der Waals surface area contributed by atoms with Crippen LogP contribution < -0.4 is 0 Å². The van der Waals surface area contributed by atoms with Crippen LogP contribution in [0.3, 0.4) is 0 Å². The van der Waals surface area contributed by atoms with Crippen molar-refractivity contribution in [1.29, 1.82) is 0 Å². The zero-order valence-electron chi connectivity index (χ0n) is 8.08. The molecule has 0 aliphatic heterocycles. The Kier molecular flexibility index (Phi) is 4.91. The number of allylic oxidation sites excluding steroid dienone is 4. The second-order valence-corrected chi connectivity index (χ2v) is 4.26. The third-order valence-corrected chi connectivity index (χ3v) is 3.05. The fourth-order valence-electron chi connectivity index (χ4n) is 1.16. The summed E-state index contributed by atoms with van der Waals surface area (Å²) in [4.78, 5) is 11.5. The van der Waals surface area contributed by atoms with E-state index in [4.69, 9.17) is 0 Å². The average Bonchev–Trinajstić information content (AvgIpc) is 2.65. The Morgan fingerprint density at radius 1 is 1.62 bits per heavy atom. The van der Waals surface area contributed by atoms with Gasteiger partial charge in [0.15, 0.2) is 5.78 Å². The molecule has 0 radical (unpaired) electrons. The maximum atomic E-state index is 11.5. The second-order valence-electron chi connectivity index (χ2n) is 3.15. The van der Waals surface area contributed by atoms with E-state index in [-0.39, 0.29) is 0 Å². The van der Waals surface area contributed by atoms with Crippen molar-refractivity contribution in [3.05, 3.63) is 23.8 Å². The predicted octanol–water partition coefficient (Wildman–Crippen LogP) is 2.98. The molecule has 1 nitrogen and oxygen atoms in total. The number of hydrogen-bond acceptors (Lipinski definition) is 2. The molecule has 2 heteroatoms. The zero-order valence-corrected chi connectivity index (χ0v) is 8.90. The number of rotatable bonds is 6. The summed E-state index contributed by atoms with van der Waals surface area (Å²) in [7, 11) is 0. The van der Waals surface area contributed by atoms with Crippen LogP contribution in [0.25, 0.3) is 0 Å². The van der Waals surface area contributed by atoms with Gasteiger partial charge in [-0.25, -0.2) is 0 Å². The van der Waals surface area contributed by atoms with E-state index < -0.39 is 0 Å². The minimum atomic E-state index is 0.311. The lowest BCUT2D eigenvalue weighted by Crippen LogP contribution is -2.04. The fraction of sp³-hybridized carbons (Fsp3) is 0.545. The van der Waals surface area contributed by atoms with Crippen molar-refractivity contribution in [3.63, 3.8) is 0 Å². The Labute approximate surface area is 84.3 Å². The molecule has 0 N–H and O–H groups in total. The summed E-state index contributed by atoms with van der Waals surface area (Å²) in [5, 5.41) is 0. The second kappa shape index (κ2) is 6.03. The highest BCUT2D eigenvalue weighted by atomic mass is 32.2. The monoisotopic (exact) mass is 196 g/mol. The van der Waals surface area contributed by atoms with Gasteiger partial charge in [0.2, 0.25) is 0 Å². The van der Waals surface area contributed by atoms with Crippen LogP contribution in [0.15, 0.2) is 23.8 Å². The van der Waals surface area contributed by atoms with Crippen molar-refractivity contribution in [1.82, 2.24) is 0 Å². The fourth-order valence-corrected chi connectivity index (χ4v) is 2.17. The van der Waals surface area contributed by atoms with Gasteiger partial charge in [0.05, 0.1) is 5.75 Å². The van der Waals surface area contributed by atoms with E-state index in [1.165, 1.54) is 12.8 Å². The molecule has 72 valence electrons. The molecule has 0 amide bonds. The number of hydrogen-bond donors (Lipinski definition) is 0. The number of carbonyl (C=O) groups is 1. The van der Waals surface area contributed by atoms with Gasteiger partial charge in [-0.1, -0.05) is 31.6 Å². The number of carbonyl (C=O) groups excluding carboxylic acids is 1. The summed E-state index contributed by atoms with van der Waals surface area (Å²) in [6.07, 6.45) is 9.20. The van der Waals surface area contributed by atoms with Gasteiger partial charge in [-0.05, 0) is 24.2 Å². The molecular weight excluding hydrogens is 180 g/mol. The number of Topliss-reactive ketones (excluding diaryl/α,β-unsaturated/α-hetero) is 1. The summed E-state index contributed by atoms with van der Waals surface area (Å²) in [5.41, 5.74) is 0.976. The standard InChI is InChI=1S/C11H16OS/c1-2-3-8-13-9-11(12)10-6-4-5-7-10/h4-6H,2-3,7-9H2,1H3. The van der Waals surface area contributed by atoms with Crippen LogP contribution in [0.5, 0.6) is 0 Å². The molecule has 0 spiro atoms. The molecule has 1 aliphatic carbocycles. The van der Waals surface area contributed by atoms with Crippen molar-refractivity contribution < 1.29 is 4.79 Å². The Morgan fingerprint density at radius 2 is 2.46 bits per heavy atom. The first kappa shape index (κ1) is 10.6. The third kappa shape index (κ3) is 3.81. The van der Waals surface area contributed by atoms with E-state index in [0.29, 0.717) is 11.5 Å². The summed E-state index contributed by atoms with van der Waals surface area (Å²) >= 11 is 1.75. The van der Waals surface area contributed by atoms with Crippen molar-refractivity contribution >= 4 is 17.5 Å². The van der Waals surface area contributed by atoms with Gasteiger partial charge in [-0.3, -0.25) is 4.79 Å². The van der Waals surface area contributed by atoms with Crippen LogP contribution in [0, 0.1) is 0 Å². The number of unbranched alkanes of at least 4 members (excludes halogenated alkanes) is 1. The molecular formula is C11H16OS. The Balaban J connectivity index is 2.11. The first-order chi connectivity index (χ1) is 6.34. The molecule has 0 aromatic heterocycles. The van der Waals surface area contributed by atoms with Crippen LogP contribution in [-0.4, -0.2) is 17.3 Å². The van der Waals surface area contributed by atoms with E-state index in [1.54, 1.807) is 11.8 Å². The van der Waals surface area contributed by atoms with E-state index in [1.807, 2.05) is 18.2 Å². The molecule has 0 atom stereocenters. The number of thioether (sulfide) groups is 1. The van der Waals surface area contributed by atoms with Gasteiger partial charge >= 0.3 is 0 Å². The van der Waals surface area contributed by atoms with Gasteiger partial charge in [-0.2, -0.15) is 11.8 Å². The van der Waals surface area contributed by atoms with Crippen LogP contribution in [0.4, 0.5) is 0 Å². The van der Waals surface area contributed by atoms with Gasteiger partial charge in [-0.15, -0.1) is 0 Å². The molecule has 13 heavy (non-hydrogen) atoms. The SMILES string of the molecule is CCCCSCC(=O)C1=CC=CC1. The average molecular weight is 196 g/mol. The lowest BCUT2D eigenvalue weighted by molar-refractivity contribution is -0.113. The highest BCUT2D eigenvalue weighted by molar-refractivity contribution is 7.99. The molecule has 0 aromatic carbocycles. The normalized spacial score (nSPS) is 14.7. The van der Waals surface area contributed by atoms with Crippen molar-refractivity contribution in [2.45, 2.75) is 26.2 Å². The highest BCUT2D eigenvalue weighted by Gasteiger charge is 2.09. The molecule has 0 fully saturated rings. The Bertz CT molecular complexity index is 228. The Hall–Kier alpha value is -0.500. The maximum absolute atomic E-state index is 11.5. The van der Waals surface area contributed by atoms with Crippen LogP contribution in [0.1, 0.15) is 26.2 Å². The van der Waals surface area contributed by atoms with Gasteiger partial charge in [0.25, 0.3) is 0 Å². The summed E-state index contributed by atoms with van der Waals surface area (Å²) in [6, 6.07) is 0. The molecule has 0 saturated heterocycles. The molecule has 0 aromatic rings. The van der Waals surface area contributed by atoms with Crippen molar-refractivity contribution in [2.24, 2.45) is 0 Å². The van der Waals surface area contributed by atoms with Gasteiger partial charge in [0.1, 0.15) is 0 Å². The molecule has 1 rings (SSSR count). The summed E-state index contributed by atoms with van der Waals surface area (Å²) in [6.45, 7) is 2.17. The lowest BCUT2D eigenvalue weighted by Gasteiger charge is -2.00. The van der Waals surface area contributed by atoms with E-state index in [9.17, 15) is 4.79 Å². The molecule has 1 aliphatic rings. The minimum Gasteiger partial charge on any atom is -0.294 e. The van der Waals surface area contributed by atoms with Crippen LogP contribution in [-0.2, 0) is 4.79 Å². The van der Waals surface area contributed by atoms with E-state index in [0.717, 1.165) is 17.7 Å². The predicted molar refractivity (Wildman–Crippen MR) is 59.1 cm³/mol. The Morgan fingerprint density at radius 3 is 3.08 bits per heavy atom. The topological polar surface area (TPSA) is 17.1 Å². The van der Waals surface area contributed by atoms with E-state index >= 15 is 0 Å². The first-order valence-electron chi connectivity index (χ1n) is 4.81. The molecule has 0 saturated carbocycles. The van der Waals surface area contributed by atoms with Crippen LogP contribution >= 0.6 is 11.8 Å². The molecule has 0 unspecified atom stereocenters. The molecule has 0 heterocycles. The number of ketones is 1. The highest BCUT2D eigenvalue weighted by Crippen LogP contribution is 2.14. The van der Waals surface area contributed by atoms with Gasteiger partial charge in [0, 0.05) is 0 Å². The van der Waals surface area contributed by atoms with Gasteiger partial charge < -0.3 is 0 Å². The smallest absolute Gasteiger partial charge is 0.169 e. The largest absolute Gasteiger partial charge is 0.294 e. The maximum Gasteiger partial charge on any atom is 0.169 e. The van der Waals surface area contributed by atoms with E-state index in [2.05, 4.69) is 6.92 Å². The first-order valence-corrected chi connectivity index (χ1v) is 5.96. The minimum absolute atomic E-state index is 0.311. The van der Waals surface area contributed by atoms with Crippen molar-refractivity contribution in [3.8, 4) is 0 Å².